The van der Waals surface area contributed by atoms with Crippen molar-refractivity contribution in [2.45, 2.75) is 0 Å². The molecule has 0 fully saturated rings. The molecule has 4 heteroatoms. The van der Waals surface area contributed by atoms with E-state index in [9.17, 15) is 4.79 Å². The Bertz CT molecular complexity index is 3110. The maximum atomic E-state index is 13.8. The lowest BCUT2D eigenvalue weighted by atomic mass is 9.97. The molecule has 218 valence electrons. The molecule has 0 aliphatic heterocycles. The van der Waals surface area contributed by atoms with Gasteiger partial charge in [-0.3, -0.25) is 9.20 Å². The summed E-state index contributed by atoms with van der Waals surface area (Å²) in [7, 11) is 0. The van der Waals surface area contributed by atoms with E-state index in [1.807, 2.05) is 33.9 Å². The highest BCUT2D eigenvalue weighted by atomic mass is 32.1. The van der Waals surface area contributed by atoms with E-state index in [1.54, 1.807) is 0 Å². The molecule has 0 saturated carbocycles. The van der Waals surface area contributed by atoms with Crippen molar-refractivity contribution in [3.05, 3.63) is 156 Å². The third-order valence-corrected chi connectivity index (χ3v) is 11.2. The van der Waals surface area contributed by atoms with Crippen LogP contribution in [0.1, 0.15) is 0 Å². The minimum absolute atomic E-state index is 0.0389. The Morgan fingerprint density at radius 2 is 1.11 bits per heavy atom. The van der Waals surface area contributed by atoms with Crippen molar-refractivity contribution in [1.82, 2.24) is 8.97 Å². The molecule has 7 aromatic carbocycles. The van der Waals surface area contributed by atoms with Crippen molar-refractivity contribution in [3.8, 4) is 16.8 Å². The lowest BCUT2D eigenvalue weighted by Gasteiger charge is -2.09. The predicted octanol–water partition coefficient (Wildman–Crippen LogP) is 11.3. The maximum Gasteiger partial charge on any atom is 0.263 e. The van der Waals surface area contributed by atoms with Crippen LogP contribution in [0.15, 0.2) is 150 Å². The molecular formula is C43H24N2OS. The summed E-state index contributed by atoms with van der Waals surface area (Å²) in [5.41, 5.74) is 7.96. The third kappa shape index (κ3) is 3.27. The fraction of sp³-hybridized carbons (Fsp3) is 0. The van der Waals surface area contributed by atoms with Crippen molar-refractivity contribution in [2.75, 3.05) is 0 Å². The predicted molar refractivity (Wildman–Crippen MR) is 200 cm³/mol. The first-order chi connectivity index (χ1) is 23.2. The van der Waals surface area contributed by atoms with Gasteiger partial charge in [-0.15, -0.1) is 11.3 Å². The molecule has 0 saturated heterocycles. The molecule has 0 N–H and O–H groups in total. The van der Waals surface area contributed by atoms with Crippen LogP contribution < -0.4 is 5.56 Å². The fourth-order valence-electron chi connectivity index (χ4n) is 8.08. The van der Waals surface area contributed by atoms with Crippen LogP contribution >= 0.6 is 11.3 Å². The van der Waals surface area contributed by atoms with Gasteiger partial charge in [0.05, 0.1) is 22.1 Å². The van der Waals surface area contributed by atoms with Crippen LogP contribution in [-0.4, -0.2) is 8.97 Å². The van der Waals surface area contributed by atoms with Gasteiger partial charge in [0.15, 0.2) is 0 Å². The average molecular weight is 617 g/mol. The van der Waals surface area contributed by atoms with Gasteiger partial charge in [0.2, 0.25) is 0 Å². The number of nitrogens with zero attached hydrogens (tertiary/aromatic N) is 2. The number of pyridine rings is 1. The van der Waals surface area contributed by atoms with E-state index in [0.29, 0.717) is 0 Å². The Kier molecular flexibility index (Phi) is 4.87. The summed E-state index contributed by atoms with van der Waals surface area (Å²) in [6, 6.07) is 51.8. The molecule has 3 nitrogen and oxygen atoms in total. The number of rotatable bonds is 2. The maximum absolute atomic E-state index is 13.8. The molecule has 4 aromatic heterocycles. The minimum atomic E-state index is 0.0389. The van der Waals surface area contributed by atoms with Gasteiger partial charge in [-0.25, -0.2) is 0 Å². The van der Waals surface area contributed by atoms with Crippen molar-refractivity contribution in [3.63, 3.8) is 0 Å². The summed E-state index contributed by atoms with van der Waals surface area (Å²) in [6.07, 6.45) is 0. The first-order valence-electron chi connectivity index (χ1n) is 15.9. The van der Waals surface area contributed by atoms with E-state index in [-0.39, 0.29) is 5.56 Å². The molecular weight excluding hydrogens is 593 g/mol. The Balaban J connectivity index is 1.15. The minimum Gasteiger partial charge on any atom is -0.309 e. The van der Waals surface area contributed by atoms with E-state index in [2.05, 4.69) is 132 Å². The van der Waals surface area contributed by atoms with Crippen molar-refractivity contribution in [2.24, 2.45) is 0 Å². The van der Waals surface area contributed by atoms with Crippen molar-refractivity contribution >= 4 is 91.3 Å². The summed E-state index contributed by atoms with van der Waals surface area (Å²) in [6.45, 7) is 0. The monoisotopic (exact) mass is 616 g/mol. The number of benzene rings is 7. The second-order valence-electron chi connectivity index (χ2n) is 12.5. The van der Waals surface area contributed by atoms with Crippen LogP contribution in [0.2, 0.25) is 0 Å². The van der Waals surface area contributed by atoms with Gasteiger partial charge in [-0.05, 0) is 65.0 Å². The number of fused-ring (bicyclic) bond motifs is 11. The number of thiophene rings is 1. The van der Waals surface area contributed by atoms with Crippen molar-refractivity contribution in [1.29, 1.82) is 0 Å². The Hall–Kier alpha value is -5.97. The van der Waals surface area contributed by atoms with Gasteiger partial charge in [-0.2, -0.15) is 0 Å². The van der Waals surface area contributed by atoms with Crippen molar-refractivity contribution < 1.29 is 0 Å². The lowest BCUT2D eigenvalue weighted by Crippen LogP contribution is -2.12. The van der Waals surface area contributed by atoms with E-state index >= 15 is 0 Å². The summed E-state index contributed by atoms with van der Waals surface area (Å²) < 4.78 is 6.84. The average Bonchev–Trinajstić information content (AvgIpc) is 3.78. The van der Waals surface area contributed by atoms with E-state index in [1.165, 1.54) is 53.2 Å². The van der Waals surface area contributed by atoms with Crippen LogP contribution in [0.3, 0.4) is 0 Å². The number of para-hydroxylation sites is 3. The molecule has 47 heavy (non-hydrogen) atoms. The van der Waals surface area contributed by atoms with Crippen LogP contribution in [0.25, 0.3) is 96.8 Å². The van der Waals surface area contributed by atoms with Gasteiger partial charge < -0.3 is 4.57 Å². The number of hydrogen-bond donors (Lipinski definition) is 0. The quantitative estimate of drug-likeness (QED) is 0.178. The highest BCUT2D eigenvalue weighted by molar-refractivity contribution is 7.26. The van der Waals surface area contributed by atoms with Gasteiger partial charge in [-0.1, -0.05) is 97.1 Å². The zero-order chi connectivity index (χ0) is 30.8. The van der Waals surface area contributed by atoms with Crippen LogP contribution in [0.5, 0.6) is 0 Å². The van der Waals surface area contributed by atoms with E-state index in [4.69, 9.17) is 0 Å². The SMILES string of the molecule is O=c1c2ccccc2c2cccc3c4cc(-c5cccc6sc7cc(-n8c9ccccc9c9ccccc98)ccc7c56)ccc4n1c23. The van der Waals surface area contributed by atoms with Crippen LogP contribution in [0.4, 0.5) is 0 Å². The summed E-state index contributed by atoms with van der Waals surface area (Å²) in [5, 5.41) is 10.2. The Morgan fingerprint density at radius 3 is 1.89 bits per heavy atom. The molecule has 0 atom stereocenters. The first-order valence-corrected chi connectivity index (χ1v) is 16.7. The molecule has 0 unspecified atom stereocenters. The van der Waals surface area contributed by atoms with E-state index < -0.39 is 0 Å². The molecule has 0 aliphatic carbocycles. The fourth-order valence-corrected chi connectivity index (χ4v) is 9.25. The topological polar surface area (TPSA) is 26.4 Å². The largest absolute Gasteiger partial charge is 0.309 e. The summed E-state index contributed by atoms with van der Waals surface area (Å²) in [4.78, 5) is 13.8. The molecule has 4 heterocycles. The second-order valence-corrected chi connectivity index (χ2v) is 13.5. The highest BCUT2D eigenvalue weighted by Crippen LogP contribution is 2.43. The molecule has 0 radical (unpaired) electrons. The second kappa shape index (κ2) is 9.06. The lowest BCUT2D eigenvalue weighted by molar-refractivity contribution is 1.19. The first kappa shape index (κ1) is 25.2. The molecule has 0 bridgehead atoms. The molecule has 0 spiro atoms. The zero-order valence-corrected chi connectivity index (χ0v) is 25.9. The van der Waals surface area contributed by atoms with Gasteiger partial charge in [0, 0.05) is 58.2 Å². The molecule has 0 aliphatic rings. The van der Waals surface area contributed by atoms with Crippen LogP contribution in [-0.2, 0) is 0 Å². The van der Waals surface area contributed by atoms with Gasteiger partial charge in [0.1, 0.15) is 0 Å². The standard InChI is InChI=1S/C43H24N2OS/c46-43-33-12-2-1-9-28(33)31-14-7-15-32-35-23-25(19-22-38(35)45(43)42(31)32)27-13-8-18-39-41(27)34-21-20-26(24-40(34)47-39)44-36-16-5-3-10-29(36)30-11-4-6-17-37(30)44/h1-24H. The molecule has 11 rings (SSSR count). The normalized spacial score (nSPS) is 12.3. The van der Waals surface area contributed by atoms with Crippen LogP contribution in [0, 0.1) is 0 Å². The molecule has 11 aromatic rings. The van der Waals surface area contributed by atoms with Gasteiger partial charge in [0.25, 0.3) is 5.56 Å². The zero-order valence-electron chi connectivity index (χ0n) is 25.1. The smallest absolute Gasteiger partial charge is 0.263 e. The summed E-state index contributed by atoms with van der Waals surface area (Å²) >= 11 is 1.85. The highest BCUT2D eigenvalue weighted by Gasteiger charge is 2.19. The molecule has 0 amide bonds. The Labute approximate surface area is 272 Å². The van der Waals surface area contributed by atoms with E-state index in [0.717, 1.165) is 43.5 Å². The summed E-state index contributed by atoms with van der Waals surface area (Å²) in [5.74, 6) is 0. The number of aromatic nitrogens is 2. The third-order valence-electron chi connectivity index (χ3n) is 10.1. The Morgan fingerprint density at radius 1 is 0.447 bits per heavy atom. The number of hydrogen-bond acceptors (Lipinski definition) is 2. The van der Waals surface area contributed by atoms with Gasteiger partial charge >= 0.3 is 0 Å².